The average Bonchev–Trinajstić information content (AvgIpc) is 2.99. The highest BCUT2D eigenvalue weighted by molar-refractivity contribution is 7.17. The summed E-state index contributed by atoms with van der Waals surface area (Å²) in [5, 5.41) is 10.7. The van der Waals surface area contributed by atoms with E-state index in [1.165, 1.54) is 11.3 Å². The van der Waals surface area contributed by atoms with Gasteiger partial charge in [0.25, 0.3) is 0 Å². The van der Waals surface area contributed by atoms with E-state index in [4.69, 9.17) is 11.6 Å². The van der Waals surface area contributed by atoms with Crippen LogP contribution in [-0.2, 0) is 0 Å². The summed E-state index contributed by atoms with van der Waals surface area (Å²) in [4.78, 5) is 21.7. The number of Topliss-reactive ketones (excluding diaryl/α,β-unsaturated/α-hetero) is 1. The van der Waals surface area contributed by atoms with E-state index in [-0.39, 0.29) is 18.1 Å². The number of aliphatic imine (C=N–C) groups is 1. The highest BCUT2D eigenvalue weighted by Gasteiger charge is 2.15. The molecule has 1 aromatic heterocycles. The number of thiazole rings is 1. The smallest absolute Gasteiger partial charge is 0.196 e. The number of hydrogen-bond acceptors (Lipinski definition) is 5. The van der Waals surface area contributed by atoms with Crippen molar-refractivity contribution in [1.82, 2.24) is 4.98 Å². The van der Waals surface area contributed by atoms with Gasteiger partial charge in [0.05, 0.1) is 10.6 Å². The highest BCUT2D eigenvalue weighted by atomic mass is 35.5. The number of rotatable bonds is 5. The van der Waals surface area contributed by atoms with Crippen molar-refractivity contribution in [2.24, 2.45) is 4.99 Å². The molecule has 6 heteroatoms. The van der Waals surface area contributed by atoms with Crippen LogP contribution in [-0.4, -0.2) is 28.6 Å². The molecule has 0 bridgehead atoms. The number of nitrogens with zero attached hydrogens (tertiary/aromatic N) is 2. The Bertz CT molecular complexity index is 916. The molecule has 3 aromatic rings. The minimum absolute atomic E-state index is 0.0595. The first-order valence-electron chi connectivity index (χ1n) is 7.58. The molecule has 0 aliphatic heterocycles. The van der Waals surface area contributed by atoms with Crippen LogP contribution in [0, 0.1) is 6.92 Å². The molecular weight excluding hydrogens is 356 g/mol. The van der Waals surface area contributed by atoms with Crippen LogP contribution in [0.1, 0.15) is 20.9 Å². The van der Waals surface area contributed by atoms with Crippen molar-refractivity contribution in [3.63, 3.8) is 0 Å². The second kappa shape index (κ2) is 7.59. The van der Waals surface area contributed by atoms with Crippen molar-refractivity contribution in [2.75, 3.05) is 6.54 Å². The molecule has 126 valence electrons. The minimum Gasteiger partial charge on any atom is -0.508 e. The molecule has 2 aromatic carbocycles. The number of phenolic OH excluding ortho intramolecular Hbond substituents is 1. The number of aryl methyl sites for hydroxylation is 1. The van der Waals surface area contributed by atoms with E-state index in [1.807, 2.05) is 19.1 Å². The fourth-order valence-corrected chi connectivity index (χ4v) is 3.36. The van der Waals surface area contributed by atoms with Crippen LogP contribution in [0.4, 0.5) is 0 Å². The second-order valence-corrected chi connectivity index (χ2v) is 6.86. The summed E-state index contributed by atoms with van der Waals surface area (Å²) >= 11 is 7.27. The predicted octanol–water partition coefficient (Wildman–Crippen LogP) is 4.78. The molecule has 0 saturated carbocycles. The van der Waals surface area contributed by atoms with Crippen molar-refractivity contribution in [2.45, 2.75) is 6.92 Å². The quantitative estimate of drug-likeness (QED) is 0.519. The molecule has 25 heavy (non-hydrogen) atoms. The van der Waals surface area contributed by atoms with Crippen molar-refractivity contribution in [3.8, 4) is 16.3 Å². The fourth-order valence-electron chi connectivity index (χ4n) is 2.24. The molecule has 1 N–H and O–H groups in total. The van der Waals surface area contributed by atoms with Gasteiger partial charge < -0.3 is 5.11 Å². The molecule has 1 heterocycles. The summed E-state index contributed by atoms with van der Waals surface area (Å²) < 4.78 is 0. The largest absolute Gasteiger partial charge is 0.508 e. The first-order valence-corrected chi connectivity index (χ1v) is 8.78. The van der Waals surface area contributed by atoms with Crippen LogP contribution in [0.2, 0.25) is 5.02 Å². The number of halogens is 1. The molecule has 0 spiro atoms. The van der Waals surface area contributed by atoms with Crippen LogP contribution < -0.4 is 0 Å². The number of carbonyl (C=O) groups is 1. The number of benzene rings is 2. The lowest BCUT2D eigenvalue weighted by atomic mass is 10.2. The van der Waals surface area contributed by atoms with Gasteiger partial charge in [-0.3, -0.25) is 9.79 Å². The van der Waals surface area contributed by atoms with Crippen LogP contribution in [0.5, 0.6) is 5.75 Å². The zero-order valence-corrected chi connectivity index (χ0v) is 15.0. The zero-order chi connectivity index (χ0) is 17.8. The molecular formula is C19H15ClN2O2S. The molecule has 0 fully saturated rings. The van der Waals surface area contributed by atoms with E-state index in [0.717, 1.165) is 16.1 Å². The maximum atomic E-state index is 12.4. The predicted molar refractivity (Wildman–Crippen MR) is 102 cm³/mol. The van der Waals surface area contributed by atoms with Gasteiger partial charge in [-0.15, -0.1) is 11.3 Å². The topological polar surface area (TPSA) is 62.5 Å². The first-order chi connectivity index (χ1) is 12.0. The van der Waals surface area contributed by atoms with Gasteiger partial charge in [0.15, 0.2) is 5.78 Å². The second-order valence-electron chi connectivity index (χ2n) is 5.42. The number of phenols is 1. The van der Waals surface area contributed by atoms with Gasteiger partial charge in [0.2, 0.25) is 0 Å². The lowest BCUT2D eigenvalue weighted by molar-refractivity contribution is 0.100. The number of aromatic nitrogens is 1. The summed E-state index contributed by atoms with van der Waals surface area (Å²) in [5.41, 5.74) is 2.47. The molecule has 3 rings (SSSR count). The third kappa shape index (κ3) is 4.32. The number of carbonyl (C=O) groups excluding carboxylic acids is 1. The Morgan fingerprint density at radius 3 is 2.56 bits per heavy atom. The van der Waals surface area contributed by atoms with Gasteiger partial charge in [-0.2, -0.15) is 0 Å². The third-order valence-electron chi connectivity index (χ3n) is 3.51. The molecule has 0 atom stereocenters. The Labute approximate surface area is 154 Å². The summed E-state index contributed by atoms with van der Waals surface area (Å²) in [6.07, 6.45) is 1.62. The van der Waals surface area contributed by atoms with Crippen molar-refractivity contribution in [1.29, 1.82) is 0 Å². The number of aromatic hydroxyl groups is 1. The Balaban J connectivity index is 1.72. The van der Waals surface area contributed by atoms with Crippen LogP contribution in [0.15, 0.2) is 53.5 Å². The lowest BCUT2D eigenvalue weighted by Gasteiger charge is -1.96. The fraction of sp³-hybridized carbons (Fsp3) is 0.105. The third-order valence-corrected chi connectivity index (χ3v) is 5.01. The highest BCUT2D eigenvalue weighted by Crippen LogP contribution is 2.29. The van der Waals surface area contributed by atoms with Gasteiger partial charge >= 0.3 is 0 Å². The summed E-state index contributed by atoms with van der Waals surface area (Å²) in [7, 11) is 0. The monoisotopic (exact) mass is 370 g/mol. The average molecular weight is 371 g/mol. The first kappa shape index (κ1) is 17.3. The van der Waals surface area contributed by atoms with Crippen LogP contribution >= 0.6 is 22.9 Å². The molecule has 0 unspecified atom stereocenters. The Morgan fingerprint density at radius 1 is 1.20 bits per heavy atom. The van der Waals surface area contributed by atoms with Gasteiger partial charge in [-0.1, -0.05) is 23.7 Å². The molecule has 0 saturated heterocycles. The van der Waals surface area contributed by atoms with E-state index in [1.54, 1.807) is 42.6 Å². The van der Waals surface area contributed by atoms with Crippen molar-refractivity contribution >= 4 is 34.9 Å². The lowest BCUT2D eigenvalue weighted by Crippen LogP contribution is -2.03. The minimum atomic E-state index is -0.0646. The number of ketones is 1. The van der Waals surface area contributed by atoms with Crippen LogP contribution in [0.3, 0.4) is 0 Å². The zero-order valence-electron chi connectivity index (χ0n) is 13.4. The van der Waals surface area contributed by atoms with E-state index >= 15 is 0 Å². The summed E-state index contributed by atoms with van der Waals surface area (Å²) in [6.45, 7) is 1.89. The molecule has 0 aliphatic carbocycles. The Morgan fingerprint density at radius 2 is 1.88 bits per heavy atom. The summed E-state index contributed by atoms with van der Waals surface area (Å²) in [5.74, 6) is 0.133. The van der Waals surface area contributed by atoms with E-state index < -0.39 is 0 Å². The molecule has 0 amide bonds. The standard InChI is InChI=1S/C19H15ClN2O2S/c1-12-18(25-19(22-12)14-4-6-15(20)7-5-14)17(24)11-21-10-13-2-8-16(23)9-3-13/h2-10,23H,11H2,1H3. The van der Waals surface area contributed by atoms with E-state index in [9.17, 15) is 9.90 Å². The maximum Gasteiger partial charge on any atom is 0.196 e. The van der Waals surface area contributed by atoms with Crippen LogP contribution in [0.25, 0.3) is 10.6 Å². The molecule has 0 radical (unpaired) electrons. The van der Waals surface area contributed by atoms with Gasteiger partial charge in [0, 0.05) is 16.8 Å². The normalized spacial score (nSPS) is 11.1. The van der Waals surface area contributed by atoms with Gasteiger partial charge in [-0.05, 0) is 48.9 Å². The van der Waals surface area contributed by atoms with Gasteiger partial charge in [0.1, 0.15) is 17.3 Å². The van der Waals surface area contributed by atoms with Gasteiger partial charge in [-0.25, -0.2) is 4.98 Å². The number of hydrogen-bond donors (Lipinski definition) is 1. The SMILES string of the molecule is Cc1nc(-c2ccc(Cl)cc2)sc1C(=O)CN=Cc1ccc(O)cc1. The Kier molecular flexibility index (Phi) is 5.26. The van der Waals surface area contributed by atoms with Crippen molar-refractivity contribution in [3.05, 3.63) is 69.7 Å². The summed E-state index contributed by atoms with van der Waals surface area (Å²) in [6, 6.07) is 14.0. The molecule has 0 aliphatic rings. The Hall–Kier alpha value is -2.50. The maximum absolute atomic E-state index is 12.4. The van der Waals surface area contributed by atoms with E-state index in [2.05, 4.69) is 9.98 Å². The van der Waals surface area contributed by atoms with E-state index in [0.29, 0.717) is 15.6 Å². The molecule has 4 nitrogen and oxygen atoms in total. The van der Waals surface area contributed by atoms with Crippen molar-refractivity contribution < 1.29 is 9.90 Å².